The molecule has 0 bridgehead atoms. The van der Waals surface area contributed by atoms with Gasteiger partial charge < -0.3 is 20.3 Å². The third kappa shape index (κ3) is 7.18. The van der Waals surface area contributed by atoms with E-state index in [4.69, 9.17) is 15.1 Å². The molecule has 0 saturated heterocycles. The highest BCUT2D eigenvalue weighted by atomic mass is 16.5. The van der Waals surface area contributed by atoms with Crippen LogP contribution in [-0.4, -0.2) is 53.4 Å². The number of urea groups is 1. The van der Waals surface area contributed by atoms with Crippen LogP contribution in [0.3, 0.4) is 0 Å². The number of aryl methyl sites for hydroxylation is 2. The maximum absolute atomic E-state index is 13.2. The standard InChI is InChI=1S/C28H34N6O3/c1-19-10-11-23(20(2)14-19)34-25(16-24(32-34)28(3,4)5)31-26(35)18-33(12-13-37-6)27(36)30-22-9-7-8-21(15-22)17-29/h7-11,14-16H,12-13,18H2,1-6H3,(H,30,36)(H,31,35). The normalized spacial score (nSPS) is 11.1. The van der Waals surface area contributed by atoms with Crippen molar-refractivity contribution in [3.63, 3.8) is 0 Å². The third-order valence-corrected chi connectivity index (χ3v) is 5.76. The molecule has 0 aliphatic carbocycles. The molecule has 0 spiro atoms. The predicted octanol–water partition coefficient (Wildman–Crippen LogP) is 4.78. The van der Waals surface area contributed by atoms with Crippen molar-refractivity contribution in [3.8, 4) is 11.8 Å². The Morgan fingerprint density at radius 1 is 1.11 bits per heavy atom. The molecule has 3 amide bonds. The number of benzene rings is 2. The van der Waals surface area contributed by atoms with Crippen molar-refractivity contribution < 1.29 is 14.3 Å². The maximum Gasteiger partial charge on any atom is 0.322 e. The van der Waals surface area contributed by atoms with E-state index in [-0.39, 0.29) is 31.0 Å². The number of rotatable bonds is 8. The first kappa shape index (κ1) is 27.4. The van der Waals surface area contributed by atoms with Crippen LogP contribution in [0, 0.1) is 25.2 Å². The zero-order valence-electron chi connectivity index (χ0n) is 22.3. The van der Waals surface area contributed by atoms with E-state index >= 15 is 0 Å². The number of methoxy groups -OCH3 is 1. The van der Waals surface area contributed by atoms with Gasteiger partial charge in [0.05, 0.1) is 29.6 Å². The van der Waals surface area contributed by atoms with Gasteiger partial charge in [-0.1, -0.05) is 44.5 Å². The number of amides is 3. The Morgan fingerprint density at radius 2 is 1.86 bits per heavy atom. The van der Waals surface area contributed by atoms with Gasteiger partial charge in [0.1, 0.15) is 12.4 Å². The van der Waals surface area contributed by atoms with Gasteiger partial charge >= 0.3 is 6.03 Å². The number of nitrogens with one attached hydrogen (secondary N) is 2. The van der Waals surface area contributed by atoms with Crippen LogP contribution in [0.25, 0.3) is 5.69 Å². The minimum Gasteiger partial charge on any atom is -0.383 e. The molecule has 194 valence electrons. The Hall–Kier alpha value is -4.16. The van der Waals surface area contributed by atoms with Crippen molar-refractivity contribution in [2.75, 3.05) is 37.4 Å². The average Bonchev–Trinajstić information content (AvgIpc) is 3.25. The van der Waals surface area contributed by atoms with Gasteiger partial charge in [-0.05, 0) is 43.7 Å². The molecule has 0 atom stereocenters. The smallest absolute Gasteiger partial charge is 0.322 e. The van der Waals surface area contributed by atoms with Crippen LogP contribution >= 0.6 is 0 Å². The zero-order chi connectivity index (χ0) is 27.2. The quantitative estimate of drug-likeness (QED) is 0.460. The van der Waals surface area contributed by atoms with Gasteiger partial charge in [-0.2, -0.15) is 10.4 Å². The Labute approximate surface area is 218 Å². The number of ether oxygens (including phenoxy) is 1. The van der Waals surface area contributed by atoms with Crippen LogP contribution in [0.5, 0.6) is 0 Å². The Morgan fingerprint density at radius 3 is 2.51 bits per heavy atom. The molecule has 0 unspecified atom stereocenters. The van der Waals surface area contributed by atoms with Gasteiger partial charge in [-0.3, -0.25) is 4.79 Å². The molecule has 1 heterocycles. The number of nitriles is 1. The summed E-state index contributed by atoms with van der Waals surface area (Å²) in [5, 5.41) is 19.6. The SMILES string of the molecule is COCCN(CC(=O)Nc1cc(C(C)(C)C)nn1-c1ccc(C)cc1C)C(=O)Nc1cccc(C#N)c1. The van der Waals surface area contributed by atoms with E-state index in [0.29, 0.717) is 17.1 Å². The molecule has 37 heavy (non-hydrogen) atoms. The van der Waals surface area contributed by atoms with Crippen molar-refractivity contribution in [1.82, 2.24) is 14.7 Å². The van der Waals surface area contributed by atoms with Crippen molar-refractivity contribution in [1.29, 1.82) is 5.26 Å². The average molecular weight is 503 g/mol. The van der Waals surface area contributed by atoms with E-state index in [0.717, 1.165) is 22.5 Å². The number of aromatic nitrogens is 2. The lowest BCUT2D eigenvalue weighted by molar-refractivity contribution is -0.116. The summed E-state index contributed by atoms with van der Waals surface area (Å²) < 4.78 is 6.88. The molecular formula is C28H34N6O3. The van der Waals surface area contributed by atoms with Crippen LogP contribution < -0.4 is 10.6 Å². The Balaban J connectivity index is 1.84. The summed E-state index contributed by atoms with van der Waals surface area (Å²) in [6.07, 6.45) is 0. The van der Waals surface area contributed by atoms with Gasteiger partial charge in [-0.25, -0.2) is 9.48 Å². The van der Waals surface area contributed by atoms with E-state index in [2.05, 4.69) is 37.5 Å². The van der Waals surface area contributed by atoms with E-state index in [1.807, 2.05) is 38.1 Å². The molecule has 2 aromatic carbocycles. The van der Waals surface area contributed by atoms with Crippen LogP contribution in [-0.2, 0) is 14.9 Å². The van der Waals surface area contributed by atoms with Gasteiger partial charge in [-0.15, -0.1) is 0 Å². The van der Waals surface area contributed by atoms with E-state index in [9.17, 15) is 9.59 Å². The highest BCUT2D eigenvalue weighted by Crippen LogP contribution is 2.27. The minimum absolute atomic E-state index is 0.198. The Bertz CT molecular complexity index is 1320. The van der Waals surface area contributed by atoms with Crippen molar-refractivity contribution in [2.45, 2.75) is 40.0 Å². The highest BCUT2D eigenvalue weighted by molar-refractivity contribution is 5.97. The molecule has 2 N–H and O–H groups in total. The Kier molecular flexibility index (Phi) is 8.69. The van der Waals surface area contributed by atoms with E-state index < -0.39 is 6.03 Å². The summed E-state index contributed by atoms with van der Waals surface area (Å²) in [6, 6.07) is 16.1. The molecule has 3 rings (SSSR count). The predicted molar refractivity (Wildman–Crippen MR) is 144 cm³/mol. The van der Waals surface area contributed by atoms with Gasteiger partial charge in [0, 0.05) is 30.8 Å². The summed E-state index contributed by atoms with van der Waals surface area (Å²) in [6.45, 7) is 10.5. The first-order chi connectivity index (χ1) is 17.5. The monoisotopic (exact) mass is 502 g/mol. The lowest BCUT2D eigenvalue weighted by Gasteiger charge is -2.22. The fourth-order valence-electron chi connectivity index (χ4n) is 3.74. The van der Waals surface area contributed by atoms with Crippen molar-refractivity contribution in [3.05, 3.63) is 70.9 Å². The maximum atomic E-state index is 13.2. The number of carbonyl (C=O) groups is 2. The number of hydrogen-bond donors (Lipinski definition) is 2. The lowest BCUT2D eigenvalue weighted by Crippen LogP contribution is -2.42. The van der Waals surface area contributed by atoms with Gasteiger partial charge in [0.25, 0.3) is 0 Å². The summed E-state index contributed by atoms with van der Waals surface area (Å²) in [4.78, 5) is 27.5. The molecule has 0 aliphatic rings. The fourth-order valence-corrected chi connectivity index (χ4v) is 3.74. The molecule has 9 heteroatoms. The summed E-state index contributed by atoms with van der Waals surface area (Å²) in [5.74, 6) is 0.152. The topological polar surface area (TPSA) is 112 Å². The minimum atomic E-state index is -0.472. The largest absolute Gasteiger partial charge is 0.383 e. The molecule has 9 nitrogen and oxygen atoms in total. The van der Waals surface area contributed by atoms with Crippen molar-refractivity contribution in [2.24, 2.45) is 0 Å². The summed E-state index contributed by atoms with van der Waals surface area (Å²) in [5.41, 5.74) is 4.51. The number of nitrogens with zero attached hydrogens (tertiary/aromatic N) is 4. The molecular weight excluding hydrogens is 468 g/mol. The number of carbonyl (C=O) groups excluding carboxylic acids is 2. The summed E-state index contributed by atoms with van der Waals surface area (Å²) in [7, 11) is 1.53. The fraction of sp³-hybridized carbons (Fsp3) is 0.357. The van der Waals surface area contributed by atoms with Gasteiger partial charge in [0.2, 0.25) is 5.91 Å². The first-order valence-corrected chi connectivity index (χ1v) is 12.0. The van der Waals surface area contributed by atoms with E-state index in [1.165, 1.54) is 12.0 Å². The van der Waals surface area contributed by atoms with Crippen LogP contribution in [0.15, 0.2) is 48.5 Å². The molecule has 1 aromatic heterocycles. The lowest BCUT2D eigenvalue weighted by atomic mass is 9.92. The van der Waals surface area contributed by atoms with Crippen LogP contribution in [0.2, 0.25) is 0 Å². The highest BCUT2D eigenvalue weighted by Gasteiger charge is 2.23. The van der Waals surface area contributed by atoms with Gasteiger partial charge in [0.15, 0.2) is 0 Å². The van der Waals surface area contributed by atoms with E-state index in [1.54, 1.807) is 28.9 Å². The summed E-state index contributed by atoms with van der Waals surface area (Å²) >= 11 is 0. The second kappa shape index (κ2) is 11.7. The number of anilines is 2. The van der Waals surface area contributed by atoms with Crippen molar-refractivity contribution >= 4 is 23.4 Å². The molecule has 0 aliphatic heterocycles. The van der Waals surface area contributed by atoms with Crippen LogP contribution in [0.4, 0.5) is 16.3 Å². The second-order valence-corrected chi connectivity index (χ2v) is 9.95. The molecule has 3 aromatic rings. The number of hydrogen-bond acceptors (Lipinski definition) is 5. The van der Waals surface area contributed by atoms with Crippen LogP contribution in [0.1, 0.15) is 43.2 Å². The molecule has 0 fully saturated rings. The molecule has 0 radical (unpaired) electrons. The third-order valence-electron chi connectivity index (χ3n) is 5.76. The molecule has 0 saturated carbocycles. The first-order valence-electron chi connectivity index (χ1n) is 12.0. The zero-order valence-corrected chi connectivity index (χ0v) is 22.3. The second-order valence-electron chi connectivity index (χ2n) is 9.95.